The summed E-state index contributed by atoms with van der Waals surface area (Å²) in [5.41, 5.74) is 2.08. The molecule has 8 heteroatoms. The Morgan fingerprint density at radius 1 is 1.03 bits per heavy atom. The van der Waals surface area contributed by atoms with Gasteiger partial charge in [-0.2, -0.15) is 0 Å². The number of methoxy groups -OCH3 is 1. The highest BCUT2D eigenvalue weighted by atomic mass is 35.5. The van der Waals surface area contributed by atoms with Gasteiger partial charge in [-0.3, -0.25) is 4.79 Å². The number of carbonyl (C=O) groups excluding carboxylic acids is 1. The predicted molar refractivity (Wildman–Crippen MR) is 121 cm³/mol. The largest absolute Gasteiger partial charge is 0.497 e. The molecule has 1 amide bonds. The lowest BCUT2D eigenvalue weighted by Crippen LogP contribution is -2.19. The topological polar surface area (TPSA) is 77.2 Å². The smallest absolute Gasteiger partial charge is 0.277 e. The Bertz CT molecular complexity index is 1180. The maximum absolute atomic E-state index is 13.2. The van der Waals surface area contributed by atoms with Gasteiger partial charge >= 0.3 is 0 Å². The van der Waals surface area contributed by atoms with Crippen molar-refractivity contribution in [2.45, 2.75) is 10.5 Å². The molecule has 3 aromatic carbocycles. The first-order valence-electron chi connectivity index (χ1n) is 9.39. The SMILES string of the molecule is COc1cccc(NC(=O)[C@H](Sc2nnc(-c3ccccc3Cl)o2)c2ccccc2)c1. The van der Waals surface area contributed by atoms with Gasteiger partial charge in [-0.25, -0.2) is 0 Å². The first-order valence-corrected chi connectivity index (χ1v) is 10.6. The van der Waals surface area contributed by atoms with Gasteiger partial charge in [0.15, 0.2) is 0 Å². The van der Waals surface area contributed by atoms with E-state index in [4.69, 9.17) is 20.8 Å². The fourth-order valence-electron chi connectivity index (χ4n) is 2.91. The highest BCUT2D eigenvalue weighted by Gasteiger charge is 2.25. The van der Waals surface area contributed by atoms with E-state index in [9.17, 15) is 4.79 Å². The summed E-state index contributed by atoms with van der Waals surface area (Å²) in [5.74, 6) is 0.734. The van der Waals surface area contributed by atoms with Gasteiger partial charge in [0, 0.05) is 11.8 Å². The Hall–Kier alpha value is -3.29. The lowest BCUT2D eigenvalue weighted by Gasteiger charge is -2.15. The fraction of sp³-hybridized carbons (Fsp3) is 0.0870. The minimum atomic E-state index is -0.605. The number of anilines is 1. The summed E-state index contributed by atoms with van der Waals surface area (Å²) in [4.78, 5) is 13.2. The van der Waals surface area contributed by atoms with Gasteiger partial charge in [0.25, 0.3) is 5.22 Å². The lowest BCUT2D eigenvalue weighted by molar-refractivity contribution is -0.115. The van der Waals surface area contributed by atoms with E-state index in [1.807, 2.05) is 54.6 Å². The molecule has 6 nitrogen and oxygen atoms in total. The van der Waals surface area contributed by atoms with Crippen LogP contribution in [0.3, 0.4) is 0 Å². The van der Waals surface area contributed by atoms with Crippen molar-refractivity contribution in [1.29, 1.82) is 0 Å². The van der Waals surface area contributed by atoms with E-state index in [0.717, 1.165) is 5.56 Å². The number of rotatable bonds is 7. The molecule has 4 aromatic rings. The van der Waals surface area contributed by atoms with E-state index in [1.54, 1.807) is 31.4 Å². The quantitative estimate of drug-likeness (QED) is 0.354. The molecule has 0 aliphatic rings. The molecular weight excluding hydrogens is 434 g/mol. The van der Waals surface area contributed by atoms with Crippen molar-refractivity contribution >= 4 is 35.0 Å². The Morgan fingerprint density at radius 2 is 1.81 bits per heavy atom. The monoisotopic (exact) mass is 451 g/mol. The van der Waals surface area contributed by atoms with Crippen LogP contribution in [0.2, 0.25) is 5.02 Å². The van der Waals surface area contributed by atoms with Crippen molar-refractivity contribution < 1.29 is 13.9 Å². The van der Waals surface area contributed by atoms with Crippen LogP contribution in [0.5, 0.6) is 5.75 Å². The maximum atomic E-state index is 13.2. The van der Waals surface area contributed by atoms with Crippen molar-refractivity contribution in [3.05, 3.63) is 89.4 Å². The maximum Gasteiger partial charge on any atom is 0.277 e. The van der Waals surface area contributed by atoms with E-state index >= 15 is 0 Å². The summed E-state index contributed by atoms with van der Waals surface area (Å²) in [6.07, 6.45) is 0. The number of halogens is 1. The number of aromatic nitrogens is 2. The Balaban J connectivity index is 1.59. The molecule has 0 unspecified atom stereocenters. The van der Waals surface area contributed by atoms with E-state index in [0.29, 0.717) is 27.9 Å². The molecule has 0 fully saturated rings. The van der Waals surface area contributed by atoms with Gasteiger partial charge in [-0.05, 0) is 41.6 Å². The molecule has 1 aromatic heterocycles. The number of hydrogen-bond acceptors (Lipinski definition) is 6. The minimum absolute atomic E-state index is 0.220. The number of carbonyl (C=O) groups is 1. The molecule has 1 atom stereocenters. The van der Waals surface area contributed by atoms with E-state index in [-0.39, 0.29) is 11.1 Å². The van der Waals surface area contributed by atoms with Crippen LogP contribution in [-0.4, -0.2) is 23.2 Å². The predicted octanol–water partition coefficient (Wildman–Crippen LogP) is 5.87. The molecule has 31 heavy (non-hydrogen) atoms. The summed E-state index contributed by atoms with van der Waals surface area (Å²) in [7, 11) is 1.58. The second-order valence-electron chi connectivity index (χ2n) is 6.48. The summed E-state index contributed by atoms with van der Waals surface area (Å²) in [6.45, 7) is 0. The number of ether oxygens (including phenoxy) is 1. The molecule has 4 rings (SSSR count). The van der Waals surface area contributed by atoms with Crippen LogP contribution in [-0.2, 0) is 4.79 Å². The standard InChI is InChI=1S/C23H18ClN3O3S/c1-29-17-11-7-10-16(14-17)25-21(28)20(15-8-3-2-4-9-15)31-23-27-26-22(30-23)18-12-5-6-13-19(18)24/h2-14,20H,1H3,(H,25,28)/t20-/m1/s1. The summed E-state index contributed by atoms with van der Waals surface area (Å²) in [6, 6.07) is 23.8. The number of amides is 1. The number of hydrogen-bond donors (Lipinski definition) is 1. The van der Waals surface area contributed by atoms with E-state index in [2.05, 4.69) is 15.5 Å². The Morgan fingerprint density at radius 3 is 2.58 bits per heavy atom. The van der Waals surface area contributed by atoms with Crippen LogP contribution in [0.1, 0.15) is 10.8 Å². The third kappa shape index (κ3) is 5.07. The van der Waals surface area contributed by atoms with E-state index < -0.39 is 5.25 Å². The normalized spacial score (nSPS) is 11.7. The van der Waals surface area contributed by atoms with Crippen LogP contribution >= 0.6 is 23.4 Å². The molecule has 1 heterocycles. The fourth-order valence-corrected chi connectivity index (χ4v) is 4.00. The number of thioether (sulfide) groups is 1. The summed E-state index contributed by atoms with van der Waals surface area (Å²) in [5, 5.41) is 11.3. The van der Waals surface area contributed by atoms with Crippen molar-refractivity contribution in [2.75, 3.05) is 12.4 Å². The number of nitrogens with zero attached hydrogens (tertiary/aromatic N) is 2. The minimum Gasteiger partial charge on any atom is -0.497 e. The molecule has 0 spiro atoms. The van der Waals surface area contributed by atoms with Crippen LogP contribution in [0.4, 0.5) is 5.69 Å². The van der Waals surface area contributed by atoms with Gasteiger partial charge in [-0.1, -0.05) is 60.1 Å². The first kappa shape index (κ1) is 21.0. The third-order valence-corrected chi connectivity index (χ3v) is 5.83. The second kappa shape index (κ2) is 9.68. The molecule has 0 saturated heterocycles. The molecule has 156 valence electrons. The van der Waals surface area contributed by atoms with Gasteiger partial charge in [0.05, 0.1) is 17.7 Å². The van der Waals surface area contributed by atoms with Gasteiger partial charge in [0.1, 0.15) is 11.0 Å². The molecule has 0 radical (unpaired) electrons. The van der Waals surface area contributed by atoms with Crippen molar-refractivity contribution in [3.63, 3.8) is 0 Å². The van der Waals surface area contributed by atoms with Crippen LogP contribution in [0.15, 0.2) is 88.5 Å². The lowest BCUT2D eigenvalue weighted by atomic mass is 10.1. The Kier molecular flexibility index (Phi) is 6.54. The zero-order chi connectivity index (χ0) is 21.6. The average molecular weight is 452 g/mol. The van der Waals surface area contributed by atoms with E-state index in [1.165, 1.54) is 11.8 Å². The van der Waals surface area contributed by atoms with Crippen LogP contribution in [0, 0.1) is 0 Å². The molecule has 0 aliphatic carbocycles. The first-order chi connectivity index (χ1) is 15.1. The van der Waals surface area contributed by atoms with Crippen molar-refractivity contribution in [3.8, 4) is 17.2 Å². The zero-order valence-electron chi connectivity index (χ0n) is 16.5. The summed E-state index contributed by atoms with van der Waals surface area (Å²) < 4.78 is 11.0. The second-order valence-corrected chi connectivity index (χ2v) is 7.95. The van der Waals surface area contributed by atoms with Crippen LogP contribution < -0.4 is 10.1 Å². The average Bonchev–Trinajstić information content (AvgIpc) is 3.27. The van der Waals surface area contributed by atoms with Gasteiger partial charge in [-0.15, -0.1) is 10.2 Å². The molecular formula is C23H18ClN3O3S. The van der Waals surface area contributed by atoms with Crippen molar-refractivity contribution in [1.82, 2.24) is 10.2 Å². The number of benzene rings is 3. The van der Waals surface area contributed by atoms with Gasteiger partial charge < -0.3 is 14.5 Å². The molecule has 0 saturated carbocycles. The third-order valence-electron chi connectivity index (χ3n) is 4.41. The zero-order valence-corrected chi connectivity index (χ0v) is 18.1. The molecule has 0 aliphatic heterocycles. The molecule has 0 bridgehead atoms. The number of nitrogens with one attached hydrogen (secondary N) is 1. The summed E-state index contributed by atoms with van der Waals surface area (Å²) >= 11 is 7.40. The highest BCUT2D eigenvalue weighted by Crippen LogP contribution is 2.37. The molecule has 1 N–H and O–H groups in total. The van der Waals surface area contributed by atoms with Gasteiger partial charge in [0.2, 0.25) is 11.8 Å². The highest BCUT2D eigenvalue weighted by molar-refractivity contribution is 8.00. The van der Waals surface area contributed by atoms with Crippen molar-refractivity contribution in [2.24, 2.45) is 0 Å². The Labute approximate surface area is 188 Å². The van der Waals surface area contributed by atoms with Crippen LogP contribution in [0.25, 0.3) is 11.5 Å².